The molecule has 0 saturated heterocycles. The topological polar surface area (TPSA) is 62.1 Å². The molecule has 5 heteroatoms. The third kappa shape index (κ3) is 4.24. The number of benzene rings is 2. The van der Waals surface area contributed by atoms with Gasteiger partial charge in [0.05, 0.1) is 11.6 Å². The lowest BCUT2D eigenvalue weighted by molar-refractivity contribution is -0.127. The van der Waals surface area contributed by atoms with Gasteiger partial charge in [0.1, 0.15) is 5.75 Å². The molecule has 1 amide bonds. The Morgan fingerprint density at radius 1 is 1.32 bits per heavy atom. The van der Waals surface area contributed by atoms with E-state index < -0.39 is 6.10 Å². The predicted octanol–water partition coefficient (Wildman–Crippen LogP) is 3.30. The maximum atomic E-state index is 12.0. The molecule has 0 fully saturated rings. The molecule has 0 heterocycles. The number of nitrogens with one attached hydrogen (secondary N) is 1. The average molecular weight is 315 g/mol. The Morgan fingerprint density at radius 2 is 2.09 bits per heavy atom. The normalized spacial score (nSPS) is 11.3. The van der Waals surface area contributed by atoms with E-state index in [2.05, 4.69) is 5.32 Å². The molecule has 1 atom stereocenters. The van der Waals surface area contributed by atoms with Gasteiger partial charge in [0.15, 0.2) is 6.10 Å². The molecule has 1 N–H and O–H groups in total. The van der Waals surface area contributed by atoms with E-state index in [1.54, 1.807) is 37.3 Å². The molecule has 0 bridgehead atoms. The summed E-state index contributed by atoms with van der Waals surface area (Å²) >= 11 is 6.04. The Morgan fingerprint density at radius 3 is 2.82 bits per heavy atom. The quantitative estimate of drug-likeness (QED) is 0.921. The molecule has 1 unspecified atom stereocenters. The monoisotopic (exact) mass is 314 g/mol. The number of rotatable bonds is 5. The number of amides is 1. The van der Waals surface area contributed by atoms with Crippen LogP contribution >= 0.6 is 11.6 Å². The van der Waals surface area contributed by atoms with Crippen molar-refractivity contribution in [3.05, 3.63) is 64.7 Å². The average Bonchev–Trinajstić information content (AvgIpc) is 2.54. The molecule has 0 radical (unpaired) electrons. The van der Waals surface area contributed by atoms with Crippen LogP contribution in [0.5, 0.6) is 5.75 Å². The van der Waals surface area contributed by atoms with Gasteiger partial charge in [0.25, 0.3) is 5.91 Å². The maximum absolute atomic E-state index is 12.0. The van der Waals surface area contributed by atoms with Crippen molar-refractivity contribution < 1.29 is 9.53 Å². The number of hydrogen-bond donors (Lipinski definition) is 1. The van der Waals surface area contributed by atoms with Crippen molar-refractivity contribution in [3.8, 4) is 11.8 Å². The van der Waals surface area contributed by atoms with Crippen LogP contribution < -0.4 is 10.1 Å². The minimum Gasteiger partial charge on any atom is -0.481 e. The van der Waals surface area contributed by atoms with Gasteiger partial charge in [-0.1, -0.05) is 35.9 Å². The van der Waals surface area contributed by atoms with Crippen molar-refractivity contribution in [2.45, 2.75) is 19.6 Å². The van der Waals surface area contributed by atoms with Crippen LogP contribution in [0.3, 0.4) is 0 Å². The fraction of sp³-hybridized carbons (Fsp3) is 0.176. The lowest BCUT2D eigenvalue weighted by Gasteiger charge is -2.15. The van der Waals surface area contributed by atoms with Gasteiger partial charge in [-0.05, 0) is 36.8 Å². The van der Waals surface area contributed by atoms with Crippen LogP contribution in [0.25, 0.3) is 0 Å². The van der Waals surface area contributed by atoms with Crippen LogP contribution in [-0.2, 0) is 11.3 Å². The second kappa shape index (κ2) is 7.48. The molecular formula is C17H15ClN2O2. The number of nitrogens with zero attached hydrogens (tertiary/aromatic N) is 1. The largest absolute Gasteiger partial charge is 0.481 e. The van der Waals surface area contributed by atoms with Gasteiger partial charge < -0.3 is 10.1 Å². The number of carbonyl (C=O) groups is 1. The molecule has 0 aliphatic carbocycles. The van der Waals surface area contributed by atoms with Crippen molar-refractivity contribution in [2.75, 3.05) is 0 Å². The standard InChI is InChI=1S/C17H15ClN2O2/c1-12(22-15-7-4-5-13(9-15)10-19)17(21)20-11-14-6-2-3-8-16(14)18/h2-9,12H,11H2,1H3,(H,20,21). The molecule has 22 heavy (non-hydrogen) atoms. The summed E-state index contributed by atoms with van der Waals surface area (Å²) in [5.41, 5.74) is 1.33. The lowest BCUT2D eigenvalue weighted by Crippen LogP contribution is -2.35. The van der Waals surface area contributed by atoms with E-state index in [1.165, 1.54) is 0 Å². The highest BCUT2D eigenvalue weighted by molar-refractivity contribution is 6.31. The third-order valence-corrected chi connectivity index (χ3v) is 3.42. The van der Waals surface area contributed by atoms with Crippen LogP contribution in [0.15, 0.2) is 48.5 Å². The molecule has 0 spiro atoms. The van der Waals surface area contributed by atoms with E-state index in [9.17, 15) is 4.79 Å². The number of halogens is 1. The SMILES string of the molecule is CC(Oc1cccc(C#N)c1)C(=O)NCc1ccccc1Cl. The van der Waals surface area contributed by atoms with E-state index in [4.69, 9.17) is 21.6 Å². The highest BCUT2D eigenvalue weighted by Crippen LogP contribution is 2.16. The molecule has 0 aromatic heterocycles. The minimum absolute atomic E-state index is 0.248. The highest BCUT2D eigenvalue weighted by Gasteiger charge is 2.14. The summed E-state index contributed by atoms with van der Waals surface area (Å²) in [7, 11) is 0. The van der Waals surface area contributed by atoms with Gasteiger partial charge >= 0.3 is 0 Å². The first-order valence-electron chi connectivity index (χ1n) is 6.78. The number of hydrogen-bond acceptors (Lipinski definition) is 3. The van der Waals surface area contributed by atoms with Crippen LogP contribution in [0.1, 0.15) is 18.1 Å². The first-order valence-corrected chi connectivity index (χ1v) is 7.16. The molecule has 4 nitrogen and oxygen atoms in total. The fourth-order valence-corrected chi connectivity index (χ4v) is 2.07. The smallest absolute Gasteiger partial charge is 0.261 e. The Bertz CT molecular complexity index is 710. The van der Waals surface area contributed by atoms with Gasteiger partial charge in [-0.3, -0.25) is 4.79 Å². The Hall–Kier alpha value is -2.51. The van der Waals surface area contributed by atoms with E-state index in [-0.39, 0.29) is 5.91 Å². The van der Waals surface area contributed by atoms with E-state index in [0.29, 0.717) is 22.9 Å². The molecule has 2 aromatic carbocycles. The van der Waals surface area contributed by atoms with Gasteiger partial charge in [-0.25, -0.2) is 0 Å². The summed E-state index contributed by atoms with van der Waals surface area (Å²) in [6.07, 6.45) is -0.670. The third-order valence-electron chi connectivity index (χ3n) is 3.06. The summed E-state index contributed by atoms with van der Waals surface area (Å²) in [6.45, 7) is 1.99. The zero-order valence-electron chi connectivity index (χ0n) is 12.0. The number of ether oxygens (including phenoxy) is 1. The van der Waals surface area contributed by atoms with Gasteiger partial charge in [0, 0.05) is 11.6 Å². The Balaban J connectivity index is 1.92. The molecular weight excluding hydrogens is 300 g/mol. The maximum Gasteiger partial charge on any atom is 0.261 e. The molecule has 0 aliphatic heterocycles. The molecule has 0 saturated carbocycles. The van der Waals surface area contributed by atoms with Gasteiger partial charge in [-0.15, -0.1) is 0 Å². The molecule has 2 rings (SSSR count). The predicted molar refractivity (Wildman–Crippen MR) is 84.5 cm³/mol. The van der Waals surface area contributed by atoms with Gasteiger partial charge in [-0.2, -0.15) is 5.26 Å². The molecule has 0 aliphatic rings. The molecule has 112 valence electrons. The molecule has 2 aromatic rings. The van der Waals surface area contributed by atoms with Crippen molar-refractivity contribution in [3.63, 3.8) is 0 Å². The number of carbonyl (C=O) groups excluding carboxylic acids is 1. The van der Waals surface area contributed by atoms with Crippen LogP contribution in [0, 0.1) is 11.3 Å². The Kier molecular flexibility index (Phi) is 5.40. The van der Waals surface area contributed by atoms with Crippen LogP contribution in [0.2, 0.25) is 5.02 Å². The first kappa shape index (κ1) is 15.9. The summed E-state index contributed by atoms with van der Waals surface area (Å²) in [4.78, 5) is 12.0. The van der Waals surface area contributed by atoms with Crippen molar-refractivity contribution in [1.29, 1.82) is 5.26 Å². The van der Waals surface area contributed by atoms with Crippen molar-refractivity contribution in [2.24, 2.45) is 0 Å². The minimum atomic E-state index is -0.670. The summed E-state index contributed by atoms with van der Waals surface area (Å²) < 4.78 is 5.54. The Labute approximate surface area is 134 Å². The first-order chi connectivity index (χ1) is 10.6. The van der Waals surface area contributed by atoms with Crippen LogP contribution in [0.4, 0.5) is 0 Å². The van der Waals surface area contributed by atoms with Crippen LogP contribution in [-0.4, -0.2) is 12.0 Å². The summed E-state index contributed by atoms with van der Waals surface area (Å²) in [5.74, 6) is 0.238. The van der Waals surface area contributed by atoms with E-state index in [0.717, 1.165) is 5.56 Å². The van der Waals surface area contributed by atoms with Gasteiger partial charge in [0.2, 0.25) is 0 Å². The van der Waals surface area contributed by atoms with Crippen molar-refractivity contribution in [1.82, 2.24) is 5.32 Å². The second-order valence-corrected chi connectivity index (χ2v) is 5.12. The lowest BCUT2D eigenvalue weighted by atomic mass is 10.2. The number of nitriles is 1. The van der Waals surface area contributed by atoms with E-state index in [1.807, 2.05) is 24.3 Å². The zero-order valence-corrected chi connectivity index (χ0v) is 12.8. The summed E-state index contributed by atoms with van der Waals surface area (Å²) in [5, 5.41) is 12.2. The second-order valence-electron chi connectivity index (χ2n) is 4.71. The zero-order chi connectivity index (χ0) is 15.9. The van der Waals surface area contributed by atoms with E-state index >= 15 is 0 Å². The fourth-order valence-electron chi connectivity index (χ4n) is 1.86. The highest BCUT2D eigenvalue weighted by atomic mass is 35.5. The van der Waals surface area contributed by atoms with Crippen molar-refractivity contribution >= 4 is 17.5 Å². The summed E-state index contributed by atoms with van der Waals surface area (Å²) in [6, 6.07) is 16.0.